The van der Waals surface area contributed by atoms with E-state index < -0.39 is 22.2 Å². The molecule has 6 aliphatic heterocycles. The molecule has 3 unspecified atom stereocenters. The van der Waals surface area contributed by atoms with Crippen LogP contribution in [0.2, 0.25) is 0 Å². The molecular weight excluding hydrogens is 1640 g/mol. The third kappa shape index (κ3) is 13.7. The summed E-state index contributed by atoms with van der Waals surface area (Å²) in [7, 11) is 12.6. The maximum atomic E-state index is 14.6. The fourth-order valence-corrected chi connectivity index (χ4v) is 21.5. The number of fused-ring (bicyclic) bond motifs is 18. The van der Waals surface area contributed by atoms with Crippen LogP contribution < -0.4 is 57.5 Å². The molecule has 16 aromatic carbocycles. The minimum Gasteiger partial charge on any atom is -0.497 e. The molecule has 0 aromatic heterocycles. The molecule has 6 heterocycles. The van der Waals surface area contributed by atoms with Gasteiger partial charge in [-0.15, -0.1) is 0 Å². The number of anilines is 4. The number of ether oxygens (including phenoxy) is 11. The summed E-state index contributed by atoms with van der Waals surface area (Å²) in [6, 6.07) is 99.4. The van der Waals surface area contributed by atoms with E-state index >= 15 is 0 Å². The Morgan fingerprint density at radius 3 is 1.40 bits per heavy atom. The van der Waals surface area contributed by atoms with Gasteiger partial charge in [-0.3, -0.25) is 0 Å². The number of hydrogen-bond acceptors (Lipinski definition) is 15. The van der Waals surface area contributed by atoms with Crippen molar-refractivity contribution in [2.24, 2.45) is 0 Å². The number of morpholine rings is 3. The average Bonchev–Trinajstić information content (AvgIpc) is 1.49. The third-order valence-electron chi connectivity index (χ3n) is 28.1. The number of aryl methyl sites for hydroxylation is 1. The van der Waals surface area contributed by atoms with E-state index in [1.807, 2.05) is 44.4 Å². The maximum absolute atomic E-state index is 14.6. The first-order valence-corrected chi connectivity index (χ1v) is 45.4. The molecule has 658 valence electrons. The molecule has 3 saturated heterocycles. The lowest BCUT2D eigenvalue weighted by molar-refractivity contribution is 0.122. The lowest BCUT2D eigenvalue weighted by Gasteiger charge is -2.39. The van der Waals surface area contributed by atoms with Crippen molar-refractivity contribution in [2.75, 3.05) is 148 Å². The van der Waals surface area contributed by atoms with Gasteiger partial charge >= 0.3 is 0 Å². The number of halogens is 1. The first-order chi connectivity index (χ1) is 64.7. The van der Waals surface area contributed by atoms with E-state index in [0.29, 0.717) is 19.0 Å². The van der Waals surface area contributed by atoms with Crippen molar-refractivity contribution in [3.05, 3.63) is 387 Å². The van der Waals surface area contributed by atoms with Crippen LogP contribution in [0.4, 0.5) is 27.1 Å². The van der Waals surface area contributed by atoms with Crippen molar-refractivity contribution in [3.63, 3.8) is 0 Å². The van der Waals surface area contributed by atoms with Crippen LogP contribution in [0.1, 0.15) is 77.9 Å². The molecular formula is C116H101FN4O11. The van der Waals surface area contributed by atoms with Crippen molar-refractivity contribution in [1.82, 2.24) is 0 Å². The van der Waals surface area contributed by atoms with Gasteiger partial charge in [-0.25, -0.2) is 4.39 Å². The zero-order chi connectivity index (χ0) is 89.6. The fourth-order valence-electron chi connectivity index (χ4n) is 21.5. The Morgan fingerprint density at radius 1 is 0.348 bits per heavy atom. The van der Waals surface area contributed by atoms with Gasteiger partial charge in [-0.2, -0.15) is 0 Å². The Hall–Kier alpha value is -14.6. The van der Waals surface area contributed by atoms with Crippen LogP contribution in [0.3, 0.4) is 0 Å². The highest BCUT2D eigenvalue weighted by Crippen LogP contribution is 2.67. The highest BCUT2D eigenvalue weighted by Gasteiger charge is 2.55. The van der Waals surface area contributed by atoms with Crippen molar-refractivity contribution in [2.45, 2.75) is 29.1 Å². The van der Waals surface area contributed by atoms with Gasteiger partial charge in [0.05, 0.1) is 80.6 Å². The number of nitrogens with zero attached hydrogens (tertiary/aromatic N) is 4. The van der Waals surface area contributed by atoms with E-state index in [9.17, 15) is 4.39 Å². The SMILES string of the molecule is COc1ccc(C2(c3ccc(N(C)C)cc3)C=Cc3c(C)cc4c(OC)cc(OC)cc4c3O2)cc1.COc1ccc2c(c1)C1(c3c4c(c5cc(OC)ccc5c3-2)OC(c2ccccc2)(c2ccc(N3CCOCC3)cc2)C=C4)c2cccc3ccc4cccc1c4c23.Fc1cccc(C2(c3ccc(N4CCOCC4)cc3)C=Cc3c(cc(N4CCOCC4)c4ccccc34)O2)c1. The predicted molar refractivity (Wildman–Crippen MR) is 529 cm³/mol. The van der Waals surface area contributed by atoms with Gasteiger partial charge in [0, 0.05) is 160 Å². The van der Waals surface area contributed by atoms with Crippen LogP contribution >= 0.6 is 0 Å². The molecule has 24 rings (SSSR count). The van der Waals surface area contributed by atoms with Crippen LogP contribution in [0.15, 0.2) is 303 Å². The van der Waals surface area contributed by atoms with Gasteiger partial charge < -0.3 is 71.7 Å². The van der Waals surface area contributed by atoms with Crippen LogP contribution in [-0.2, 0) is 36.4 Å². The number of rotatable bonds is 15. The second-order valence-electron chi connectivity index (χ2n) is 35.1. The van der Waals surface area contributed by atoms with Gasteiger partial charge in [0.25, 0.3) is 0 Å². The van der Waals surface area contributed by atoms with Crippen molar-refractivity contribution in [3.8, 4) is 57.1 Å². The summed E-state index contributed by atoms with van der Waals surface area (Å²) in [4.78, 5) is 9.18. The minimum absolute atomic E-state index is 0.285. The van der Waals surface area contributed by atoms with E-state index in [-0.39, 0.29) is 5.82 Å². The highest BCUT2D eigenvalue weighted by atomic mass is 19.1. The van der Waals surface area contributed by atoms with Gasteiger partial charge in [-0.05, 0) is 206 Å². The topological polar surface area (TPSA) is 114 Å². The normalized spacial score (nSPS) is 18.5. The summed E-state index contributed by atoms with van der Waals surface area (Å²) in [5.41, 5.74) is 18.9. The number of benzene rings is 16. The van der Waals surface area contributed by atoms with E-state index in [1.165, 1.54) is 72.1 Å². The Labute approximate surface area is 768 Å². The molecule has 132 heavy (non-hydrogen) atoms. The zero-order valence-electron chi connectivity index (χ0n) is 75.2. The van der Waals surface area contributed by atoms with E-state index in [4.69, 9.17) is 52.1 Å². The quantitative estimate of drug-likeness (QED) is 0.0907. The molecule has 2 aliphatic carbocycles. The summed E-state index contributed by atoms with van der Waals surface area (Å²) in [5.74, 6) is 6.05. The molecule has 1 spiro atoms. The van der Waals surface area contributed by atoms with Gasteiger partial charge in [0.15, 0.2) is 16.8 Å². The summed E-state index contributed by atoms with van der Waals surface area (Å²) in [6.07, 6.45) is 13.2. The van der Waals surface area contributed by atoms with Crippen molar-refractivity contribution < 1.29 is 56.5 Å². The molecule has 16 aromatic rings. The molecule has 0 radical (unpaired) electrons. The zero-order valence-corrected chi connectivity index (χ0v) is 75.2. The average molecular weight is 1750 g/mol. The number of methoxy groups -OCH3 is 5. The van der Waals surface area contributed by atoms with E-state index in [2.05, 4.69) is 300 Å². The minimum atomic E-state index is -0.969. The van der Waals surface area contributed by atoms with Crippen LogP contribution in [-0.4, -0.2) is 129 Å². The Morgan fingerprint density at radius 2 is 0.826 bits per heavy atom. The third-order valence-corrected chi connectivity index (χ3v) is 28.1. The largest absolute Gasteiger partial charge is 0.497 e. The van der Waals surface area contributed by atoms with Gasteiger partial charge in [0.2, 0.25) is 0 Å². The van der Waals surface area contributed by atoms with Gasteiger partial charge in [0.1, 0.15) is 51.8 Å². The predicted octanol–water partition coefficient (Wildman–Crippen LogP) is 23.6. The lowest BCUT2D eigenvalue weighted by atomic mass is 9.68. The molecule has 0 amide bonds. The summed E-state index contributed by atoms with van der Waals surface area (Å²) in [6.45, 7) is 11.6. The van der Waals surface area contributed by atoms with Gasteiger partial charge in [-0.1, -0.05) is 182 Å². The second-order valence-corrected chi connectivity index (χ2v) is 35.1. The first kappa shape index (κ1) is 83.1. The van der Waals surface area contributed by atoms with E-state index in [0.717, 1.165) is 206 Å². The monoisotopic (exact) mass is 1740 g/mol. The Balaban J connectivity index is 0.000000120. The standard InChI is InChI=1S/C52H39NO4.C33H31FN2O3.C31H31NO4/c1-54-37-20-22-39-42(30-37)50-41(24-25-51(57-50,34-10-4-3-5-11-34)35-16-18-36(19-17-35)53-26-28-56-29-27-53)49-48(39)40-23-21-38(55-2)31-45(40)52(49)43-12-6-8-32-14-15-33-9-7-13-44(52)47(33)46(32)43;34-26-5-3-4-25(22-26)33(24-8-10-27(11-9-24)35-14-18-37-19-15-35)13-12-30-28-6-1-2-7-29(28)31(23-32(30)39-33)36-16-20-38-21-17-36;1-20-17-27-28(18-25(34-5)19-29(27)35-6)30-26(20)15-16-31(36-30,22-9-13-24(33-4)14-10-22)21-7-11-23(12-8-21)32(2)3/h3-25,30-31H,26-29H2,1-2H3;1-13,22-23H,14-21H2;7-19H,1-6H3. The molecule has 8 aliphatic rings. The second kappa shape index (κ2) is 33.8. The molecule has 0 saturated carbocycles. The molecule has 15 nitrogen and oxygen atoms in total. The maximum Gasteiger partial charge on any atom is 0.178 e. The Bertz CT molecular complexity index is 7220. The highest BCUT2D eigenvalue weighted by molar-refractivity contribution is 6.20. The van der Waals surface area contributed by atoms with Crippen molar-refractivity contribution >= 4 is 94.8 Å². The molecule has 16 heteroatoms. The molecule has 0 N–H and O–H groups in total. The Kier molecular flexibility index (Phi) is 21.2. The summed E-state index contributed by atoms with van der Waals surface area (Å²) >= 11 is 0. The lowest BCUT2D eigenvalue weighted by Crippen LogP contribution is -2.37. The van der Waals surface area contributed by atoms with E-state index in [1.54, 1.807) is 47.7 Å². The molecule has 3 atom stereocenters. The summed E-state index contributed by atoms with van der Waals surface area (Å²) in [5, 5.41) is 11.5. The fraction of sp³-hybridized carbons (Fsp3) is 0.207. The molecule has 3 fully saturated rings. The van der Waals surface area contributed by atoms with Crippen LogP contribution in [0, 0.1) is 12.7 Å². The van der Waals surface area contributed by atoms with Crippen molar-refractivity contribution in [1.29, 1.82) is 0 Å². The van der Waals surface area contributed by atoms with Crippen LogP contribution in [0.25, 0.3) is 83.2 Å². The van der Waals surface area contributed by atoms with Crippen LogP contribution in [0.5, 0.6) is 46.0 Å². The smallest absolute Gasteiger partial charge is 0.178 e. The molecule has 0 bridgehead atoms. The number of hydrogen-bond donors (Lipinski definition) is 0. The summed E-state index contributed by atoms with van der Waals surface area (Å²) < 4.78 is 82.0. The first-order valence-electron chi connectivity index (χ1n) is 45.4.